The molecule has 2 aromatic carbocycles. The van der Waals surface area contributed by atoms with E-state index in [0.717, 1.165) is 5.56 Å². The second-order valence-electron chi connectivity index (χ2n) is 6.86. The van der Waals surface area contributed by atoms with E-state index >= 15 is 0 Å². The van der Waals surface area contributed by atoms with Crippen LogP contribution in [0, 0.1) is 6.92 Å². The maximum atomic E-state index is 13.0. The quantitative estimate of drug-likeness (QED) is 0.374. The van der Waals surface area contributed by atoms with E-state index in [0.29, 0.717) is 28.6 Å². The maximum Gasteiger partial charge on any atom is 0.301 e. The van der Waals surface area contributed by atoms with Crippen LogP contribution in [0.4, 0.5) is 5.13 Å². The third kappa shape index (κ3) is 3.48. The number of aromatic nitrogens is 1. The zero-order valence-electron chi connectivity index (χ0n) is 16.5. The van der Waals surface area contributed by atoms with E-state index in [1.165, 1.54) is 16.2 Å². The molecule has 6 nitrogen and oxygen atoms in total. The van der Waals surface area contributed by atoms with Crippen molar-refractivity contribution in [3.63, 3.8) is 0 Å². The molecule has 4 rings (SSSR count). The van der Waals surface area contributed by atoms with Crippen LogP contribution in [0.3, 0.4) is 0 Å². The minimum absolute atomic E-state index is 0.0349. The first-order chi connectivity index (χ1) is 14.5. The minimum atomic E-state index is -0.808. The van der Waals surface area contributed by atoms with Crippen LogP contribution in [0.1, 0.15) is 29.7 Å². The summed E-state index contributed by atoms with van der Waals surface area (Å²) < 4.78 is 5.60. The Kier molecular flexibility index (Phi) is 5.37. The Bertz CT molecular complexity index is 1120. The summed E-state index contributed by atoms with van der Waals surface area (Å²) in [5, 5.41) is 13.2. The second-order valence-corrected chi connectivity index (χ2v) is 7.73. The number of Topliss-reactive ketones (excluding diaryl/α,β-unsaturated/α-hetero) is 1. The first-order valence-corrected chi connectivity index (χ1v) is 10.4. The number of thiazole rings is 1. The molecule has 30 heavy (non-hydrogen) atoms. The van der Waals surface area contributed by atoms with Gasteiger partial charge in [0.25, 0.3) is 5.78 Å². The number of aliphatic hydroxyl groups is 1. The average molecular weight is 420 g/mol. The standard InChI is InChI=1S/C23H20N2O4S/c1-3-29-17-6-4-5-16(13-17)19-18(20(26)15-9-7-14(2)8-10-15)21(27)22(28)25(19)23-24-11-12-30-23/h4-13,19,26H,3H2,1-2H3/b20-18+. The molecular weight excluding hydrogens is 400 g/mol. The van der Waals surface area contributed by atoms with Gasteiger partial charge in [-0.2, -0.15) is 0 Å². The lowest BCUT2D eigenvalue weighted by atomic mass is 9.95. The molecule has 3 aromatic rings. The highest BCUT2D eigenvalue weighted by Crippen LogP contribution is 2.43. The van der Waals surface area contributed by atoms with Gasteiger partial charge in [0, 0.05) is 17.1 Å². The third-order valence-corrected chi connectivity index (χ3v) is 5.65. The van der Waals surface area contributed by atoms with Crippen molar-refractivity contribution in [2.75, 3.05) is 11.5 Å². The number of rotatable bonds is 5. The van der Waals surface area contributed by atoms with Crippen molar-refractivity contribution < 1.29 is 19.4 Å². The van der Waals surface area contributed by atoms with E-state index in [-0.39, 0.29) is 11.3 Å². The number of anilines is 1. The van der Waals surface area contributed by atoms with Gasteiger partial charge in [-0.15, -0.1) is 11.3 Å². The number of amides is 1. The Balaban J connectivity index is 1.92. The van der Waals surface area contributed by atoms with Gasteiger partial charge >= 0.3 is 5.91 Å². The number of ketones is 1. The van der Waals surface area contributed by atoms with Crippen molar-refractivity contribution >= 4 is 33.9 Å². The van der Waals surface area contributed by atoms with Crippen LogP contribution < -0.4 is 9.64 Å². The van der Waals surface area contributed by atoms with E-state index in [1.54, 1.807) is 35.8 Å². The number of ether oxygens (including phenoxy) is 1. The fourth-order valence-electron chi connectivity index (χ4n) is 3.49. The molecule has 0 spiro atoms. The summed E-state index contributed by atoms with van der Waals surface area (Å²) in [4.78, 5) is 31.6. The average Bonchev–Trinajstić information content (AvgIpc) is 3.36. The molecule has 1 aromatic heterocycles. The van der Waals surface area contributed by atoms with E-state index in [4.69, 9.17) is 4.74 Å². The number of hydrogen-bond acceptors (Lipinski definition) is 6. The summed E-state index contributed by atoms with van der Waals surface area (Å²) >= 11 is 1.26. The van der Waals surface area contributed by atoms with Gasteiger partial charge in [-0.05, 0) is 31.5 Å². The number of carbonyl (C=O) groups is 2. The predicted molar refractivity (Wildman–Crippen MR) is 116 cm³/mol. The number of carbonyl (C=O) groups excluding carboxylic acids is 2. The molecule has 0 radical (unpaired) electrons. The summed E-state index contributed by atoms with van der Waals surface area (Å²) in [6, 6.07) is 13.5. The summed E-state index contributed by atoms with van der Waals surface area (Å²) in [5.74, 6) is -1.05. The number of nitrogens with zero attached hydrogens (tertiary/aromatic N) is 2. The first kappa shape index (κ1) is 19.8. The van der Waals surface area contributed by atoms with Crippen LogP contribution in [0.25, 0.3) is 5.76 Å². The zero-order valence-corrected chi connectivity index (χ0v) is 17.3. The summed E-state index contributed by atoms with van der Waals surface area (Å²) in [5.41, 5.74) is 2.19. The molecule has 152 valence electrons. The molecule has 1 amide bonds. The SMILES string of the molecule is CCOc1cccc(C2/C(=C(\O)c3ccc(C)cc3)C(=O)C(=O)N2c2nccs2)c1. The zero-order chi connectivity index (χ0) is 21.3. The van der Waals surface area contributed by atoms with Crippen LogP contribution in [0.2, 0.25) is 0 Å². The lowest BCUT2D eigenvalue weighted by molar-refractivity contribution is -0.132. The molecule has 0 saturated carbocycles. The summed E-state index contributed by atoms with van der Waals surface area (Å²) in [6.45, 7) is 4.30. The lowest BCUT2D eigenvalue weighted by Crippen LogP contribution is -2.29. The maximum absolute atomic E-state index is 13.0. The molecule has 2 heterocycles. The van der Waals surface area contributed by atoms with Crippen molar-refractivity contribution in [1.82, 2.24) is 4.98 Å². The highest BCUT2D eigenvalue weighted by Gasteiger charge is 2.48. The van der Waals surface area contributed by atoms with Gasteiger partial charge in [-0.1, -0.05) is 42.0 Å². The minimum Gasteiger partial charge on any atom is -0.507 e. The Labute approximate surface area is 178 Å². The smallest absolute Gasteiger partial charge is 0.301 e. The van der Waals surface area contributed by atoms with Crippen LogP contribution in [0.5, 0.6) is 5.75 Å². The van der Waals surface area contributed by atoms with Gasteiger partial charge in [0.15, 0.2) is 5.13 Å². The molecule has 1 unspecified atom stereocenters. The molecule has 1 saturated heterocycles. The van der Waals surface area contributed by atoms with Crippen molar-refractivity contribution in [2.45, 2.75) is 19.9 Å². The predicted octanol–water partition coefficient (Wildman–Crippen LogP) is 4.48. The molecule has 1 fully saturated rings. The van der Waals surface area contributed by atoms with Crippen LogP contribution in [-0.4, -0.2) is 28.4 Å². The van der Waals surface area contributed by atoms with Crippen molar-refractivity contribution in [1.29, 1.82) is 0 Å². The van der Waals surface area contributed by atoms with Gasteiger partial charge in [-0.3, -0.25) is 14.5 Å². The Morgan fingerprint density at radius 1 is 1.20 bits per heavy atom. The van der Waals surface area contributed by atoms with Crippen LogP contribution in [-0.2, 0) is 9.59 Å². The molecule has 1 aliphatic heterocycles. The Morgan fingerprint density at radius 2 is 1.97 bits per heavy atom. The van der Waals surface area contributed by atoms with Gasteiger partial charge in [0.05, 0.1) is 18.2 Å². The largest absolute Gasteiger partial charge is 0.507 e. The summed E-state index contributed by atoms with van der Waals surface area (Å²) in [6.07, 6.45) is 1.58. The molecule has 1 N–H and O–H groups in total. The van der Waals surface area contributed by atoms with Crippen molar-refractivity contribution in [3.05, 3.63) is 82.4 Å². The number of hydrogen-bond donors (Lipinski definition) is 1. The molecule has 0 aliphatic carbocycles. The third-order valence-electron chi connectivity index (χ3n) is 4.88. The molecule has 0 bridgehead atoms. The van der Waals surface area contributed by atoms with Gasteiger partial charge in [0.2, 0.25) is 0 Å². The molecular formula is C23H20N2O4S. The topological polar surface area (TPSA) is 79.7 Å². The van der Waals surface area contributed by atoms with E-state index < -0.39 is 17.7 Å². The lowest BCUT2D eigenvalue weighted by Gasteiger charge is -2.23. The Hall–Kier alpha value is -3.45. The van der Waals surface area contributed by atoms with Crippen molar-refractivity contribution in [3.8, 4) is 5.75 Å². The van der Waals surface area contributed by atoms with E-state index in [1.807, 2.05) is 38.1 Å². The van der Waals surface area contributed by atoms with Crippen molar-refractivity contribution in [2.24, 2.45) is 0 Å². The fraction of sp³-hybridized carbons (Fsp3) is 0.174. The highest BCUT2D eigenvalue weighted by molar-refractivity contribution is 7.14. The number of aryl methyl sites for hydroxylation is 1. The number of benzene rings is 2. The normalized spacial score (nSPS) is 18.1. The molecule has 1 atom stereocenters. The van der Waals surface area contributed by atoms with Crippen LogP contribution >= 0.6 is 11.3 Å². The first-order valence-electron chi connectivity index (χ1n) is 9.51. The highest BCUT2D eigenvalue weighted by atomic mass is 32.1. The monoisotopic (exact) mass is 420 g/mol. The van der Waals surface area contributed by atoms with Crippen LogP contribution in [0.15, 0.2) is 65.7 Å². The van der Waals surface area contributed by atoms with E-state index in [2.05, 4.69) is 4.98 Å². The molecule has 7 heteroatoms. The van der Waals surface area contributed by atoms with Gasteiger partial charge in [-0.25, -0.2) is 4.98 Å². The fourth-order valence-corrected chi connectivity index (χ4v) is 4.16. The Morgan fingerprint density at radius 3 is 2.63 bits per heavy atom. The van der Waals surface area contributed by atoms with E-state index in [9.17, 15) is 14.7 Å². The molecule has 1 aliphatic rings. The van der Waals surface area contributed by atoms with Gasteiger partial charge < -0.3 is 9.84 Å². The van der Waals surface area contributed by atoms with Gasteiger partial charge in [0.1, 0.15) is 11.5 Å². The summed E-state index contributed by atoms with van der Waals surface area (Å²) in [7, 11) is 0. The number of aliphatic hydroxyl groups excluding tert-OH is 1. The second kappa shape index (κ2) is 8.12.